The van der Waals surface area contributed by atoms with Crippen LogP contribution >= 0.6 is 0 Å². The van der Waals surface area contributed by atoms with Crippen molar-refractivity contribution in [3.63, 3.8) is 0 Å². The molecule has 0 aliphatic heterocycles. The van der Waals surface area contributed by atoms with Crippen LogP contribution in [0.5, 0.6) is 11.5 Å². The number of rotatable bonds is 5. The minimum absolute atomic E-state index is 0.0107. The Kier molecular flexibility index (Phi) is 5.58. The van der Waals surface area contributed by atoms with E-state index in [1.54, 1.807) is 11.7 Å². The maximum Gasteiger partial charge on any atom is 0.258 e. The molecule has 0 bridgehead atoms. The minimum Gasteiger partial charge on any atom is -0.497 e. The Labute approximate surface area is 171 Å². The van der Waals surface area contributed by atoms with E-state index in [-0.39, 0.29) is 11.7 Å². The molecule has 3 aromatic rings. The number of nitrogens with two attached hydrogens (primary N) is 1. The van der Waals surface area contributed by atoms with Crippen LogP contribution in [0.3, 0.4) is 0 Å². The molecule has 1 heterocycles. The summed E-state index contributed by atoms with van der Waals surface area (Å²) in [6, 6.07) is 14.0. The first kappa shape index (κ1) is 19.5. The summed E-state index contributed by atoms with van der Waals surface area (Å²) in [5.41, 5.74) is 8.05. The Morgan fingerprint density at radius 1 is 1.07 bits per heavy atom. The van der Waals surface area contributed by atoms with E-state index >= 15 is 0 Å². The number of aromatic nitrogens is 1. The quantitative estimate of drug-likeness (QED) is 0.712. The second-order valence-corrected chi connectivity index (χ2v) is 7.96. The van der Waals surface area contributed by atoms with E-state index in [1.165, 1.54) is 0 Å². The summed E-state index contributed by atoms with van der Waals surface area (Å²) in [5, 5.41) is 1.63. The molecular weight excluding hydrogens is 364 g/mol. The summed E-state index contributed by atoms with van der Waals surface area (Å²) in [4.78, 5) is 13.0. The van der Waals surface area contributed by atoms with Gasteiger partial charge in [0.15, 0.2) is 0 Å². The molecule has 1 fully saturated rings. The molecule has 1 aromatic heterocycles. The lowest BCUT2D eigenvalue weighted by atomic mass is 9.93. The SMILES string of the molecule is COc1ccc(Cn2ccc3cc(OC4CCC(N)CC4)c(C)cc3c2=O)cc1. The molecule has 0 amide bonds. The third-order valence-corrected chi connectivity index (χ3v) is 5.80. The van der Waals surface area contributed by atoms with E-state index in [4.69, 9.17) is 15.2 Å². The monoisotopic (exact) mass is 392 g/mol. The summed E-state index contributed by atoms with van der Waals surface area (Å²) in [6.07, 6.45) is 6.06. The summed E-state index contributed by atoms with van der Waals surface area (Å²) in [5.74, 6) is 1.67. The maximum atomic E-state index is 13.0. The number of fused-ring (bicyclic) bond motifs is 1. The van der Waals surface area contributed by atoms with Crippen molar-refractivity contribution in [1.82, 2.24) is 4.57 Å². The average Bonchev–Trinajstić information content (AvgIpc) is 2.73. The molecule has 152 valence electrons. The van der Waals surface area contributed by atoms with Crippen molar-refractivity contribution >= 4 is 10.8 Å². The second kappa shape index (κ2) is 8.29. The first-order valence-electron chi connectivity index (χ1n) is 10.2. The van der Waals surface area contributed by atoms with Gasteiger partial charge < -0.3 is 19.8 Å². The van der Waals surface area contributed by atoms with Gasteiger partial charge in [-0.05, 0) is 79.5 Å². The second-order valence-electron chi connectivity index (χ2n) is 7.96. The van der Waals surface area contributed by atoms with E-state index in [0.717, 1.165) is 59.1 Å². The highest BCUT2D eigenvalue weighted by Crippen LogP contribution is 2.28. The van der Waals surface area contributed by atoms with Gasteiger partial charge in [0.2, 0.25) is 0 Å². The maximum absolute atomic E-state index is 13.0. The van der Waals surface area contributed by atoms with Crippen molar-refractivity contribution in [3.8, 4) is 11.5 Å². The molecule has 1 aliphatic carbocycles. The van der Waals surface area contributed by atoms with Crippen molar-refractivity contribution in [1.29, 1.82) is 0 Å². The van der Waals surface area contributed by atoms with E-state index in [1.807, 2.05) is 55.6 Å². The summed E-state index contributed by atoms with van der Waals surface area (Å²) in [6.45, 7) is 2.53. The van der Waals surface area contributed by atoms with Crippen molar-refractivity contribution in [3.05, 3.63) is 70.1 Å². The summed E-state index contributed by atoms with van der Waals surface area (Å²) < 4.78 is 13.2. The van der Waals surface area contributed by atoms with Crippen molar-refractivity contribution in [2.24, 2.45) is 5.73 Å². The third-order valence-electron chi connectivity index (χ3n) is 5.80. The van der Waals surface area contributed by atoms with Gasteiger partial charge in [-0.3, -0.25) is 4.79 Å². The van der Waals surface area contributed by atoms with Crippen LogP contribution in [0.4, 0.5) is 0 Å². The third kappa shape index (κ3) is 4.30. The number of pyridine rings is 1. The van der Waals surface area contributed by atoms with E-state index in [9.17, 15) is 4.79 Å². The molecule has 1 saturated carbocycles. The van der Waals surface area contributed by atoms with Crippen molar-refractivity contribution in [2.75, 3.05) is 7.11 Å². The van der Waals surface area contributed by atoms with Crippen LogP contribution < -0.4 is 20.8 Å². The molecule has 1 aliphatic rings. The van der Waals surface area contributed by atoms with Gasteiger partial charge >= 0.3 is 0 Å². The summed E-state index contributed by atoms with van der Waals surface area (Å²) >= 11 is 0. The van der Waals surface area contributed by atoms with Crippen LogP contribution in [-0.2, 0) is 6.54 Å². The zero-order valence-electron chi connectivity index (χ0n) is 17.1. The standard InChI is InChI=1S/C24H28N2O3/c1-16-13-22-18(14-23(16)29-21-9-5-19(25)6-10-21)11-12-26(24(22)27)15-17-3-7-20(28-2)8-4-17/h3-4,7-8,11-14,19,21H,5-6,9-10,15,25H2,1-2H3. The smallest absolute Gasteiger partial charge is 0.258 e. The zero-order valence-corrected chi connectivity index (χ0v) is 17.1. The Hall–Kier alpha value is -2.79. The molecule has 0 saturated heterocycles. The highest BCUT2D eigenvalue weighted by molar-refractivity contribution is 5.84. The van der Waals surface area contributed by atoms with Crippen molar-refractivity contribution < 1.29 is 9.47 Å². The van der Waals surface area contributed by atoms with Crippen LogP contribution in [0.2, 0.25) is 0 Å². The lowest BCUT2D eigenvalue weighted by molar-refractivity contribution is 0.146. The number of ether oxygens (including phenoxy) is 2. The predicted molar refractivity (Wildman–Crippen MR) is 116 cm³/mol. The molecule has 5 nitrogen and oxygen atoms in total. The van der Waals surface area contributed by atoms with Gasteiger partial charge in [-0.25, -0.2) is 0 Å². The number of methoxy groups -OCH3 is 1. The van der Waals surface area contributed by atoms with Crippen LogP contribution in [0, 0.1) is 6.92 Å². The molecule has 2 N–H and O–H groups in total. The molecular formula is C24H28N2O3. The average molecular weight is 392 g/mol. The Bertz CT molecular complexity index is 1050. The van der Waals surface area contributed by atoms with Crippen LogP contribution in [0.15, 0.2) is 53.5 Å². The lowest BCUT2D eigenvalue weighted by Gasteiger charge is -2.27. The van der Waals surface area contributed by atoms with Gasteiger partial charge in [-0.1, -0.05) is 12.1 Å². The van der Waals surface area contributed by atoms with E-state index in [2.05, 4.69) is 0 Å². The summed E-state index contributed by atoms with van der Waals surface area (Å²) in [7, 11) is 1.65. The molecule has 4 rings (SSSR count). The number of aryl methyl sites for hydroxylation is 1. The van der Waals surface area contributed by atoms with Gasteiger partial charge in [0.25, 0.3) is 5.56 Å². The topological polar surface area (TPSA) is 66.5 Å². The number of benzene rings is 2. The molecule has 5 heteroatoms. The minimum atomic E-state index is 0.0107. The van der Waals surface area contributed by atoms with Gasteiger partial charge in [0.1, 0.15) is 11.5 Å². The number of hydrogen-bond donors (Lipinski definition) is 1. The molecule has 0 radical (unpaired) electrons. The Morgan fingerprint density at radius 2 is 1.79 bits per heavy atom. The normalized spacial score (nSPS) is 19.3. The Morgan fingerprint density at radius 3 is 2.48 bits per heavy atom. The largest absolute Gasteiger partial charge is 0.497 e. The molecule has 2 aromatic carbocycles. The highest BCUT2D eigenvalue weighted by atomic mass is 16.5. The fourth-order valence-electron chi connectivity index (χ4n) is 3.98. The number of nitrogens with zero attached hydrogens (tertiary/aromatic N) is 1. The fourth-order valence-corrected chi connectivity index (χ4v) is 3.98. The van der Waals surface area contributed by atoms with Crippen LogP contribution in [0.1, 0.15) is 36.8 Å². The molecule has 29 heavy (non-hydrogen) atoms. The molecule has 0 atom stereocenters. The van der Waals surface area contributed by atoms with Gasteiger partial charge in [0, 0.05) is 17.6 Å². The zero-order chi connectivity index (χ0) is 20.4. The molecule has 0 unspecified atom stereocenters. The van der Waals surface area contributed by atoms with Crippen LogP contribution in [-0.4, -0.2) is 23.8 Å². The first-order valence-corrected chi connectivity index (χ1v) is 10.2. The first-order chi connectivity index (χ1) is 14.0. The van der Waals surface area contributed by atoms with Gasteiger partial charge in [-0.2, -0.15) is 0 Å². The van der Waals surface area contributed by atoms with Crippen molar-refractivity contribution in [2.45, 2.75) is 51.3 Å². The van der Waals surface area contributed by atoms with E-state index in [0.29, 0.717) is 12.6 Å². The van der Waals surface area contributed by atoms with Crippen LogP contribution in [0.25, 0.3) is 10.8 Å². The lowest BCUT2D eigenvalue weighted by Crippen LogP contribution is -2.31. The fraction of sp³-hybridized carbons (Fsp3) is 0.375. The van der Waals surface area contributed by atoms with Gasteiger partial charge in [0.05, 0.1) is 19.8 Å². The predicted octanol–water partition coefficient (Wildman–Crippen LogP) is 4.02. The number of hydrogen-bond acceptors (Lipinski definition) is 4. The van der Waals surface area contributed by atoms with Gasteiger partial charge in [-0.15, -0.1) is 0 Å². The molecule has 0 spiro atoms. The van der Waals surface area contributed by atoms with E-state index < -0.39 is 0 Å². The Balaban J connectivity index is 1.58. The highest BCUT2D eigenvalue weighted by Gasteiger charge is 2.20.